The molecular weight excluding hydrogens is 136 g/mol. The van der Waals surface area contributed by atoms with E-state index in [1.807, 2.05) is 0 Å². The third-order valence-electron chi connectivity index (χ3n) is 3.34. The lowest BCUT2D eigenvalue weighted by molar-refractivity contribution is 0.152. The highest BCUT2D eigenvalue weighted by molar-refractivity contribution is 4.88. The second-order valence-electron chi connectivity index (χ2n) is 4.01. The van der Waals surface area contributed by atoms with Crippen LogP contribution in [0.2, 0.25) is 0 Å². The zero-order valence-corrected chi connectivity index (χ0v) is 7.05. The summed E-state index contributed by atoms with van der Waals surface area (Å²) in [6.07, 6.45) is 5.48. The Bertz CT molecular complexity index is 130. The Hall–Kier alpha value is -0.0800. The fraction of sp³-hybridized carbons (Fsp3) is 1.00. The van der Waals surface area contributed by atoms with E-state index in [0.717, 1.165) is 18.4 Å². The third-order valence-corrected chi connectivity index (χ3v) is 3.34. The van der Waals surface area contributed by atoms with Crippen molar-refractivity contribution in [3.05, 3.63) is 0 Å². The SMILES string of the molecule is NC1CCNCC1C1CCC1. The van der Waals surface area contributed by atoms with Gasteiger partial charge in [-0.2, -0.15) is 0 Å². The topological polar surface area (TPSA) is 38.0 Å². The summed E-state index contributed by atoms with van der Waals surface area (Å²) >= 11 is 0. The fourth-order valence-electron chi connectivity index (χ4n) is 2.29. The van der Waals surface area contributed by atoms with Gasteiger partial charge in [-0.3, -0.25) is 0 Å². The molecule has 2 aliphatic rings. The Morgan fingerprint density at radius 2 is 2.00 bits per heavy atom. The lowest BCUT2D eigenvalue weighted by atomic mass is 9.71. The van der Waals surface area contributed by atoms with Gasteiger partial charge in [0.2, 0.25) is 0 Å². The van der Waals surface area contributed by atoms with Crippen molar-refractivity contribution in [2.45, 2.75) is 31.7 Å². The van der Waals surface area contributed by atoms with Gasteiger partial charge in [0.1, 0.15) is 0 Å². The van der Waals surface area contributed by atoms with Crippen LogP contribution in [0.15, 0.2) is 0 Å². The Labute approximate surface area is 68.5 Å². The average molecular weight is 154 g/mol. The Balaban J connectivity index is 1.88. The van der Waals surface area contributed by atoms with Crippen molar-refractivity contribution >= 4 is 0 Å². The standard InChI is InChI=1S/C9H18N2/c10-9-4-5-11-6-8(9)7-2-1-3-7/h7-9,11H,1-6,10H2. The predicted octanol–water partition coefficient (Wildman–Crippen LogP) is 0.723. The van der Waals surface area contributed by atoms with Crippen LogP contribution in [0, 0.1) is 11.8 Å². The molecule has 2 fully saturated rings. The van der Waals surface area contributed by atoms with E-state index in [4.69, 9.17) is 5.73 Å². The lowest BCUT2D eigenvalue weighted by Crippen LogP contribution is -2.49. The minimum atomic E-state index is 0.488. The minimum absolute atomic E-state index is 0.488. The first kappa shape index (κ1) is 7.56. The molecule has 3 N–H and O–H groups in total. The second kappa shape index (κ2) is 3.11. The van der Waals surface area contributed by atoms with E-state index >= 15 is 0 Å². The largest absolute Gasteiger partial charge is 0.327 e. The van der Waals surface area contributed by atoms with E-state index in [2.05, 4.69) is 5.32 Å². The van der Waals surface area contributed by atoms with Crippen LogP contribution in [0.4, 0.5) is 0 Å². The van der Waals surface area contributed by atoms with Crippen molar-refractivity contribution in [1.82, 2.24) is 5.32 Å². The summed E-state index contributed by atoms with van der Waals surface area (Å²) in [7, 11) is 0. The van der Waals surface area contributed by atoms with Crippen LogP contribution in [-0.2, 0) is 0 Å². The summed E-state index contributed by atoms with van der Waals surface area (Å²) in [6.45, 7) is 2.30. The molecular formula is C9H18N2. The molecule has 2 nitrogen and oxygen atoms in total. The molecule has 1 saturated heterocycles. The van der Waals surface area contributed by atoms with Gasteiger partial charge in [0.25, 0.3) is 0 Å². The van der Waals surface area contributed by atoms with Crippen LogP contribution >= 0.6 is 0 Å². The lowest BCUT2D eigenvalue weighted by Gasteiger charge is -2.40. The quantitative estimate of drug-likeness (QED) is 0.584. The van der Waals surface area contributed by atoms with Crippen LogP contribution in [-0.4, -0.2) is 19.1 Å². The van der Waals surface area contributed by atoms with Gasteiger partial charge in [-0.1, -0.05) is 19.3 Å². The number of hydrogen-bond acceptors (Lipinski definition) is 2. The highest BCUT2D eigenvalue weighted by Gasteiger charge is 2.32. The maximum absolute atomic E-state index is 6.05. The number of hydrogen-bond donors (Lipinski definition) is 2. The average Bonchev–Trinajstić information content (AvgIpc) is 1.90. The van der Waals surface area contributed by atoms with Crippen molar-refractivity contribution < 1.29 is 0 Å². The molecule has 1 aliphatic carbocycles. The number of nitrogens with one attached hydrogen (secondary N) is 1. The van der Waals surface area contributed by atoms with Gasteiger partial charge in [0, 0.05) is 6.04 Å². The zero-order chi connectivity index (χ0) is 7.68. The highest BCUT2D eigenvalue weighted by Crippen LogP contribution is 2.35. The second-order valence-corrected chi connectivity index (χ2v) is 4.01. The van der Waals surface area contributed by atoms with E-state index in [9.17, 15) is 0 Å². The summed E-state index contributed by atoms with van der Waals surface area (Å²) in [5.74, 6) is 1.75. The molecule has 11 heavy (non-hydrogen) atoms. The summed E-state index contributed by atoms with van der Waals surface area (Å²) in [5.41, 5.74) is 6.05. The van der Waals surface area contributed by atoms with Crippen LogP contribution in [0.3, 0.4) is 0 Å². The highest BCUT2D eigenvalue weighted by atomic mass is 14.9. The first-order valence-corrected chi connectivity index (χ1v) is 4.84. The van der Waals surface area contributed by atoms with Gasteiger partial charge >= 0.3 is 0 Å². The first-order valence-electron chi connectivity index (χ1n) is 4.84. The van der Waals surface area contributed by atoms with Gasteiger partial charge in [-0.25, -0.2) is 0 Å². The van der Waals surface area contributed by atoms with Gasteiger partial charge in [0.15, 0.2) is 0 Å². The van der Waals surface area contributed by atoms with Crippen molar-refractivity contribution in [2.24, 2.45) is 17.6 Å². The smallest absolute Gasteiger partial charge is 0.00940 e. The maximum atomic E-state index is 6.05. The Morgan fingerprint density at radius 1 is 1.18 bits per heavy atom. The molecule has 2 unspecified atom stereocenters. The molecule has 64 valence electrons. The molecule has 2 rings (SSSR count). The van der Waals surface area contributed by atoms with E-state index in [1.54, 1.807) is 0 Å². The normalized spacial score (nSPS) is 40.1. The van der Waals surface area contributed by atoms with E-state index < -0.39 is 0 Å². The molecule has 1 saturated carbocycles. The van der Waals surface area contributed by atoms with Crippen LogP contribution < -0.4 is 11.1 Å². The third kappa shape index (κ3) is 1.42. The first-order chi connectivity index (χ1) is 5.38. The molecule has 1 heterocycles. The van der Waals surface area contributed by atoms with Crippen molar-refractivity contribution in [3.63, 3.8) is 0 Å². The number of rotatable bonds is 1. The summed E-state index contributed by atoms with van der Waals surface area (Å²) in [5, 5.41) is 3.43. The van der Waals surface area contributed by atoms with E-state index in [0.29, 0.717) is 6.04 Å². The number of piperidine rings is 1. The van der Waals surface area contributed by atoms with Gasteiger partial charge in [-0.05, 0) is 31.3 Å². The van der Waals surface area contributed by atoms with Crippen LogP contribution in [0.5, 0.6) is 0 Å². The molecule has 0 aromatic rings. The summed E-state index contributed by atoms with van der Waals surface area (Å²) < 4.78 is 0. The summed E-state index contributed by atoms with van der Waals surface area (Å²) in [6, 6.07) is 0.488. The molecule has 2 heteroatoms. The van der Waals surface area contributed by atoms with Crippen molar-refractivity contribution in [1.29, 1.82) is 0 Å². The molecule has 0 radical (unpaired) electrons. The van der Waals surface area contributed by atoms with Gasteiger partial charge in [-0.15, -0.1) is 0 Å². The van der Waals surface area contributed by atoms with Crippen LogP contribution in [0.25, 0.3) is 0 Å². The molecule has 2 atom stereocenters. The molecule has 0 aromatic heterocycles. The maximum Gasteiger partial charge on any atom is 0.00940 e. The van der Waals surface area contributed by atoms with Gasteiger partial charge < -0.3 is 11.1 Å². The molecule has 0 amide bonds. The molecule has 0 spiro atoms. The predicted molar refractivity (Wildman–Crippen MR) is 46.3 cm³/mol. The van der Waals surface area contributed by atoms with Crippen molar-refractivity contribution in [2.75, 3.05) is 13.1 Å². The van der Waals surface area contributed by atoms with E-state index in [-0.39, 0.29) is 0 Å². The fourth-order valence-corrected chi connectivity index (χ4v) is 2.29. The monoisotopic (exact) mass is 154 g/mol. The van der Waals surface area contributed by atoms with Gasteiger partial charge in [0.05, 0.1) is 0 Å². The molecule has 0 aromatic carbocycles. The zero-order valence-electron chi connectivity index (χ0n) is 7.05. The van der Waals surface area contributed by atoms with Crippen LogP contribution in [0.1, 0.15) is 25.7 Å². The minimum Gasteiger partial charge on any atom is -0.327 e. The van der Waals surface area contributed by atoms with Crippen molar-refractivity contribution in [3.8, 4) is 0 Å². The Morgan fingerprint density at radius 3 is 2.55 bits per heavy atom. The molecule has 1 aliphatic heterocycles. The number of nitrogens with two attached hydrogens (primary N) is 1. The Kier molecular flexibility index (Phi) is 2.14. The summed E-state index contributed by atoms with van der Waals surface area (Å²) in [4.78, 5) is 0. The molecule has 0 bridgehead atoms. The van der Waals surface area contributed by atoms with E-state index in [1.165, 1.54) is 32.2 Å².